The molecule has 0 aliphatic carbocycles. The van der Waals surface area contributed by atoms with Crippen LogP contribution in [0.2, 0.25) is 0 Å². The predicted molar refractivity (Wildman–Crippen MR) is 327 cm³/mol. The van der Waals surface area contributed by atoms with Crippen molar-refractivity contribution >= 4 is 46.3 Å². The minimum atomic E-state index is -4.50. The van der Waals surface area contributed by atoms with Gasteiger partial charge in [-0.15, -0.1) is 22.7 Å². The molecule has 1 saturated heterocycles. The van der Waals surface area contributed by atoms with Crippen LogP contribution >= 0.6 is 22.7 Å². The highest BCUT2D eigenvalue weighted by Crippen LogP contribution is 2.35. The lowest BCUT2D eigenvalue weighted by Crippen LogP contribution is -2.57. The largest absolute Gasteiger partial charge is 0.416 e. The second-order valence-electron chi connectivity index (χ2n) is 23.0. The number of aromatic amines is 2. The summed E-state index contributed by atoms with van der Waals surface area (Å²) < 4.78 is 42.5. The second-order valence-corrected chi connectivity index (χ2v) is 24.7. The molecular formula is C64H71F3N10O7S2. The molecule has 452 valence electrons. The van der Waals surface area contributed by atoms with Crippen LogP contribution in [0.1, 0.15) is 140 Å². The lowest BCUT2D eigenvalue weighted by molar-refractivity contribution is -0.144. The molecule has 17 nitrogen and oxygen atoms in total. The van der Waals surface area contributed by atoms with Crippen LogP contribution in [0.15, 0.2) is 124 Å². The van der Waals surface area contributed by atoms with Gasteiger partial charge in [0.2, 0.25) is 22.9 Å². The maximum Gasteiger partial charge on any atom is 0.416 e. The molecule has 8 aromatic rings. The first-order valence-electron chi connectivity index (χ1n) is 28.8. The fourth-order valence-corrected chi connectivity index (χ4v) is 12.5. The molecule has 86 heavy (non-hydrogen) atoms. The van der Waals surface area contributed by atoms with E-state index >= 15 is 0 Å². The van der Waals surface area contributed by atoms with Crippen molar-refractivity contribution in [1.29, 1.82) is 0 Å². The molecule has 9 rings (SSSR count). The number of carbonyl (C=O) groups is 4. The summed E-state index contributed by atoms with van der Waals surface area (Å²) in [6.45, 7) is 11.7. The van der Waals surface area contributed by atoms with Crippen LogP contribution in [0, 0.1) is 26.2 Å². The Morgan fingerprint density at radius 3 is 1.99 bits per heavy atom. The number of amides is 4. The first-order chi connectivity index (χ1) is 41.1. The van der Waals surface area contributed by atoms with Gasteiger partial charge < -0.3 is 26.0 Å². The number of hydrogen-bond donors (Lipinski definition) is 6. The minimum absolute atomic E-state index is 0.00762. The second kappa shape index (κ2) is 27.0. The van der Waals surface area contributed by atoms with Crippen molar-refractivity contribution in [3.8, 4) is 32.5 Å². The zero-order valence-corrected chi connectivity index (χ0v) is 50.5. The molecule has 5 heterocycles. The van der Waals surface area contributed by atoms with Crippen molar-refractivity contribution in [2.75, 3.05) is 13.1 Å². The van der Waals surface area contributed by atoms with Crippen molar-refractivity contribution in [1.82, 2.24) is 50.4 Å². The Morgan fingerprint density at radius 1 is 0.744 bits per heavy atom. The van der Waals surface area contributed by atoms with Crippen LogP contribution in [0.4, 0.5) is 13.2 Å². The van der Waals surface area contributed by atoms with Gasteiger partial charge in [0.05, 0.1) is 50.3 Å². The number of hydrogen-bond acceptors (Lipinski definition) is 11. The van der Waals surface area contributed by atoms with Crippen molar-refractivity contribution < 1.29 is 37.5 Å². The Bertz CT molecular complexity index is 3780. The zero-order valence-electron chi connectivity index (χ0n) is 48.8. The molecule has 22 heteroatoms. The number of likely N-dealkylation sites (tertiary alicyclic amines) is 1. The summed E-state index contributed by atoms with van der Waals surface area (Å²) in [4.78, 5) is 94.8. The van der Waals surface area contributed by atoms with E-state index in [1.54, 1.807) is 67.0 Å². The Balaban J connectivity index is 0.742. The van der Waals surface area contributed by atoms with E-state index in [0.29, 0.717) is 58.0 Å². The first-order valence-corrected chi connectivity index (χ1v) is 30.6. The third-order valence-corrected chi connectivity index (χ3v) is 17.4. The average molecular weight is 1210 g/mol. The third kappa shape index (κ3) is 14.5. The van der Waals surface area contributed by atoms with Crippen molar-refractivity contribution in [2.45, 2.75) is 136 Å². The summed E-state index contributed by atoms with van der Waals surface area (Å²) in [5.41, 5.74) is 6.34. The maximum atomic E-state index is 14.6. The number of aliphatic hydroxyl groups excluding tert-OH is 1. The molecule has 4 aromatic heterocycles. The summed E-state index contributed by atoms with van der Waals surface area (Å²) in [7, 11) is 0. The number of aliphatic hydroxyl groups is 1. The highest BCUT2D eigenvalue weighted by molar-refractivity contribution is 7.13. The zero-order chi connectivity index (χ0) is 61.5. The van der Waals surface area contributed by atoms with Crippen LogP contribution in [0.5, 0.6) is 0 Å². The van der Waals surface area contributed by atoms with E-state index in [1.807, 2.05) is 75.7 Å². The molecule has 0 spiro atoms. The van der Waals surface area contributed by atoms with Gasteiger partial charge in [-0.3, -0.25) is 39.0 Å². The number of thiazole rings is 2. The van der Waals surface area contributed by atoms with E-state index in [-0.39, 0.29) is 59.9 Å². The van der Waals surface area contributed by atoms with Gasteiger partial charge in [0.25, 0.3) is 17.0 Å². The number of nitrogens with one attached hydrogen (secondary N) is 5. The van der Waals surface area contributed by atoms with Crippen LogP contribution in [-0.4, -0.2) is 94.4 Å². The Kier molecular flexibility index (Phi) is 19.6. The maximum absolute atomic E-state index is 14.6. The van der Waals surface area contributed by atoms with Crippen molar-refractivity contribution in [3.05, 3.63) is 185 Å². The van der Waals surface area contributed by atoms with E-state index in [4.69, 9.17) is 0 Å². The predicted octanol–water partition coefficient (Wildman–Crippen LogP) is 10.7. The van der Waals surface area contributed by atoms with Gasteiger partial charge in [0, 0.05) is 66.3 Å². The Hall–Kier alpha value is -8.21. The van der Waals surface area contributed by atoms with Crippen LogP contribution < -0.4 is 27.1 Å². The fraction of sp³-hybridized carbons (Fsp3) is 0.375. The fourth-order valence-electron chi connectivity index (χ4n) is 10.9. The van der Waals surface area contributed by atoms with Crippen LogP contribution in [0.25, 0.3) is 32.5 Å². The number of benzene rings is 4. The van der Waals surface area contributed by atoms with Gasteiger partial charge in [0.1, 0.15) is 12.1 Å². The van der Waals surface area contributed by atoms with Crippen LogP contribution in [0.3, 0.4) is 0 Å². The summed E-state index contributed by atoms with van der Waals surface area (Å²) >= 11 is 2.69. The van der Waals surface area contributed by atoms with E-state index in [1.165, 1.54) is 26.4 Å². The standard InChI is InChI=1S/C64H71F3N10O7S2/c1-38-52(59(82)76(73-38)47-17-13-12-14-18-47)54(53-39(2)74-77(60(53)83)62-71-49(36-85-62)42-28-30-46(31-29-42)64(65,66)67)43-24-26-45(27-25-43)57(80)68-32-16-11-9-7-8-10-15-19-51(79)72-56(63(4,5)6)61(84)75-35-48(78)33-50(75)58(81)69-34-41-20-22-44(23-21-41)55-40(3)70-37-86-55/h12-14,17-18,20-31,36-37,48,50,54,56,73-74,78H,7-11,15-16,19,32-35H2,1-6H3,(H,68,80)(H,69,81)(H,72,79)/t48-,50+,54?,56-/m1/s1. The average Bonchev–Trinajstić information content (AvgIpc) is 1.72. The van der Waals surface area contributed by atoms with Crippen molar-refractivity contribution in [2.24, 2.45) is 5.41 Å². The number of aryl methyl sites for hydroxylation is 3. The number of nitrogens with zero attached hydrogens (tertiary/aromatic N) is 5. The summed E-state index contributed by atoms with van der Waals surface area (Å²) in [6, 6.07) is 26.5. The summed E-state index contributed by atoms with van der Waals surface area (Å²) in [5, 5.41) is 27.7. The number of carbonyl (C=O) groups excluding carboxylic acids is 4. The third-order valence-electron chi connectivity index (χ3n) is 15.6. The molecule has 1 unspecified atom stereocenters. The molecule has 1 aliphatic heterocycles. The van der Waals surface area contributed by atoms with Gasteiger partial charge >= 0.3 is 6.18 Å². The molecule has 1 fully saturated rings. The van der Waals surface area contributed by atoms with E-state index in [2.05, 4.69) is 36.1 Å². The van der Waals surface area contributed by atoms with E-state index in [9.17, 15) is 47.0 Å². The highest BCUT2D eigenvalue weighted by Gasteiger charge is 2.44. The Labute approximate surface area is 504 Å². The molecule has 4 amide bonds. The van der Waals surface area contributed by atoms with Gasteiger partial charge in [-0.2, -0.15) is 17.9 Å². The molecular weight excluding hydrogens is 1140 g/mol. The smallest absolute Gasteiger partial charge is 0.391 e. The number of aromatic nitrogens is 6. The lowest BCUT2D eigenvalue weighted by Gasteiger charge is -2.35. The number of halogens is 3. The summed E-state index contributed by atoms with van der Waals surface area (Å²) in [6.07, 6.45) is 0.824. The summed E-state index contributed by atoms with van der Waals surface area (Å²) in [5.74, 6) is -2.20. The van der Waals surface area contributed by atoms with E-state index < -0.39 is 52.7 Å². The Morgan fingerprint density at radius 2 is 1.36 bits per heavy atom. The normalized spacial score (nSPS) is 15.2. The number of rotatable bonds is 23. The number of para-hydroxylation sites is 1. The van der Waals surface area contributed by atoms with Crippen molar-refractivity contribution in [3.63, 3.8) is 0 Å². The van der Waals surface area contributed by atoms with Gasteiger partial charge in [-0.1, -0.05) is 120 Å². The molecule has 1 aliphatic rings. The van der Waals surface area contributed by atoms with Gasteiger partial charge in [-0.25, -0.2) is 14.6 Å². The topological polar surface area (TPSA) is 229 Å². The number of alkyl halides is 3. The van der Waals surface area contributed by atoms with Crippen LogP contribution in [-0.2, 0) is 27.1 Å². The molecule has 4 aromatic carbocycles. The number of β-amino-alcohol motifs (C(OH)–C–C–N with tert-alkyl or cyclic N) is 1. The highest BCUT2D eigenvalue weighted by atomic mass is 32.1. The quantitative estimate of drug-likeness (QED) is 0.0334. The molecule has 0 saturated carbocycles. The lowest BCUT2D eigenvalue weighted by atomic mass is 9.85. The SMILES string of the molecule is Cc1ncsc1-c1ccc(CNC(=O)[C@@H]2C[C@@H](O)CN2C(=O)[C@@H](NC(=O)CCCCCCCCCNC(=O)c2ccc(C(c3c(C)[nH]n(-c4ccccc4)c3=O)c3c(C)[nH]n(-c4nc(-c5ccc(C(F)(F)F)cc5)cs4)c3=O)cc2)C(C)(C)C)cc1. The number of unbranched alkanes of at least 4 members (excludes halogenated alkanes) is 6. The molecule has 0 radical (unpaired) electrons. The van der Waals surface area contributed by atoms with Gasteiger partial charge in [0.15, 0.2) is 0 Å². The first kappa shape index (κ1) is 62.3. The molecule has 6 N–H and O–H groups in total. The monoisotopic (exact) mass is 1210 g/mol. The number of H-pyrrole nitrogens is 2. The van der Waals surface area contributed by atoms with E-state index in [0.717, 1.165) is 83.7 Å². The molecule has 0 bridgehead atoms. The van der Waals surface area contributed by atoms with Gasteiger partial charge in [-0.05, 0) is 92.1 Å². The molecule has 4 atom stereocenters. The minimum Gasteiger partial charge on any atom is -0.391 e.